The molecule has 5 heteroatoms. The van der Waals surface area contributed by atoms with Gasteiger partial charge in [-0.15, -0.1) is 0 Å². The third-order valence-corrected chi connectivity index (χ3v) is 1.54. The lowest BCUT2D eigenvalue weighted by atomic mass is 10.2. The zero-order chi connectivity index (χ0) is 10.3. The average Bonchev–Trinajstić information content (AvgIpc) is 2.00. The van der Waals surface area contributed by atoms with Gasteiger partial charge < -0.3 is 20.3 Å². The maximum absolute atomic E-state index is 10.3. The molecule has 0 aliphatic carbocycles. The lowest BCUT2D eigenvalue weighted by Crippen LogP contribution is -2.36. The molecule has 0 aliphatic rings. The lowest BCUT2D eigenvalue weighted by molar-refractivity contribution is -0.137. The minimum atomic E-state index is -0.846. The van der Waals surface area contributed by atoms with Gasteiger partial charge in [0.15, 0.2) is 0 Å². The minimum Gasteiger partial charge on any atom is -0.481 e. The second kappa shape index (κ2) is 6.82. The molecule has 0 aliphatic heterocycles. The summed E-state index contributed by atoms with van der Waals surface area (Å²) in [5.74, 6) is -0.846. The van der Waals surface area contributed by atoms with Gasteiger partial charge in [0.1, 0.15) is 0 Å². The standard InChI is InChI=1S/C8H17NO4/c1-6(3-8(11)12)9-4-7(10)5-13-2/h6-7,9-10H,3-5H2,1-2H3,(H,11,12). The molecule has 3 N–H and O–H groups in total. The zero-order valence-corrected chi connectivity index (χ0v) is 7.99. The van der Waals surface area contributed by atoms with Crippen molar-refractivity contribution in [2.45, 2.75) is 25.5 Å². The number of aliphatic hydroxyl groups is 1. The van der Waals surface area contributed by atoms with E-state index in [0.717, 1.165) is 0 Å². The summed E-state index contributed by atoms with van der Waals surface area (Å²) in [5, 5.41) is 20.5. The van der Waals surface area contributed by atoms with Crippen molar-refractivity contribution in [2.75, 3.05) is 20.3 Å². The highest BCUT2D eigenvalue weighted by Crippen LogP contribution is 1.91. The number of rotatable bonds is 7. The van der Waals surface area contributed by atoms with Crippen LogP contribution >= 0.6 is 0 Å². The zero-order valence-electron chi connectivity index (χ0n) is 7.99. The second-order valence-corrected chi connectivity index (χ2v) is 3.02. The van der Waals surface area contributed by atoms with Crippen molar-refractivity contribution in [3.05, 3.63) is 0 Å². The number of aliphatic hydroxyl groups excluding tert-OH is 1. The molecule has 0 amide bonds. The number of carboxylic acid groups (broad SMARTS) is 1. The van der Waals surface area contributed by atoms with Crippen molar-refractivity contribution in [3.8, 4) is 0 Å². The third-order valence-electron chi connectivity index (χ3n) is 1.54. The van der Waals surface area contributed by atoms with Gasteiger partial charge in [-0.3, -0.25) is 4.79 Å². The minimum absolute atomic E-state index is 0.0553. The molecule has 0 spiro atoms. The molecule has 0 saturated carbocycles. The molecule has 0 rings (SSSR count). The first-order valence-electron chi connectivity index (χ1n) is 4.18. The molecule has 0 bridgehead atoms. The number of hydrogen-bond donors (Lipinski definition) is 3. The van der Waals surface area contributed by atoms with E-state index in [1.807, 2.05) is 0 Å². The summed E-state index contributed by atoms with van der Waals surface area (Å²) in [6.07, 6.45) is -0.527. The maximum Gasteiger partial charge on any atom is 0.304 e. The summed E-state index contributed by atoms with van der Waals surface area (Å²) in [7, 11) is 1.50. The molecule has 0 heterocycles. The largest absolute Gasteiger partial charge is 0.481 e. The Morgan fingerprint density at radius 2 is 2.23 bits per heavy atom. The van der Waals surface area contributed by atoms with Crippen molar-refractivity contribution >= 4 is 5.97 Å². The van der Waals surface area contributed by atoms with Crippen molar-refractivity contribution in [3.63, 3.8) is 0 Å². The Morgan fingerprint density at radius 1 is 1.62 bits per heavy atom. The Labute approximate surface area is 77.7 Å². The van der Waals surface area contributed by atoms with Gasteiger partial charge in [0.05, 0.1) is 19.1 Å². The van der Waals surface area contributed by atoms with Crippen LogP contribution in [0.15, 0.2) is 0 Å². The van der Waals surface area contributed by atoms with E-state index < -0.39 is 12.1 Å². The molecule has 0 aromatic rings. The van der Waals surface area contributed by atoms with Gasteiger partial charge in [-0.2, -0.15) is 0 Å². The Balaban J connectivity index is 3.45. The number of carboxylic acids is 1. The first-order chi connectivity index (χ1) is 6.06. The van der Waals surface area contributed by atoms with Crippen molar-refractivity contribution in [1.82, 2.24) is 5.32 Å². The number of aliphatic carboxylic acids is 1. The molecule has 13 heavy (non-hydrogen) atoms. The number of nitrogens with one attached hydrogen (secondary N) is 1. The smallest absolute Gasteiger partial charge is 0.304 e. The molecule has 0 fully saturated rings. The van der Waals surface area contributed by atoms with Gasteiger partial charge in [0, 0.05) is 19.7 Å². The van der Waals surface area contributed by atoms with Gasteiger partial charge in [-0.25, -0.2) is 0 Å². The van der Waals surface area contributed by atoms with Crippen LogP contribution in [0.1, 0.15) is 13.3 Å². The number of ether oxygens (including phenoxy) is 1. The van der Waals surface area contributed by atoms with Crippen LogP contribution in [0.2, 0.25) is 0 Å². The van der Waals surface area contributed by atoms with Crippen LogP contribution in [0.5, 0.6) is 0 Å². The number of carbonyl (C=O) groups is 1. The predicted molar refractivity (Wildman–Crippen MR) is 47.6 cm³/mol. The number of hydrogen-bond acceptors (Lipinski definition) is 4. The first kappa shape index (κ1) is 12.3. The molecule has 0 aromatic heterocycles. The van der Waals surface area contributed by atoms with E-state index in [0.29, 0.717) is 6.54 Å². The molecular formula is C8H17NO4. The summed E-state index contributed by atoms with van der Waals surface area (Å²) in [6, 6.07) is -0.135. The fourth-order valence-electron chi connectivity index (χ4n) is 0.923. The first-order valence-corrected chi connectivity index (χ1v) is 4.18. The maximum atomic E-state index is 10.3. The summed E-state index contributed by atoms with van der Waals surface area (Å²) in [5.41, 5.74) is 0. The van der Waals surface area contributed by atoms with Crippen LogP contribution < -0.4 is 5.32 Å². The lowest BCUT2D eigenvalue weighted by Gasteiger charge is -2.14. The average molecular weight is 191 g/mol. The van der Waals surface area contributed by atoms with Gasteiger partial charge >= 0.3 is 5.97 Å². The second-order valence-electron chi connectivity index (χ2n) is 3.02. The topological polar surface area (TPSA) is 78.8 Å². The van der Waals surface area contributed by atoms with Crippen molar-refractivity contribution in [2.24, 2.45) is 0 Å². The van der Waals surface area contributed by atoms with E-state index in [-0.39, 0.29) is 19.1 Å². The van der Waals surface area contributed by atoms with Gasteiger partial charge in [-0.1, -0.05) is 0 Å². The molecule has 78 valence electrons. The Hall–Kier alpha value is -0.650. The van der Waals surface area contributed by atoms with E-state index in [1.54, 1.807) is 6.92 Å². The Morgan fingerprint density at radius 3 is 2.69 bits per heavy atom. The Bertz CT molecular complexity index is 151. The fourth-order valence-corrected chi connectivity index (χ4v) is 0.923. The summed E-state index contributed by atoms with van der Waals surface area (Å²) >= 11 is 0. The fraction of sp³-hybridized carbons (Fsp3) is 0.875. The molecule has 2 atom stereocenters. The predicted octanol–water partition coefficient (Wildman–Crippen LogP) is -0.553. The summed E-state index contributed by atoms with van der Waals surface area (Å²) < 4.78 is 4.71. The summed E-state index contributed by atoms with van der Waals surface area (Å²) in [6.45, 7) is 2.36. The van der Waals surface area contributed by atoms with Gasteiger partial charge in [0.25, 0.3) is 0 Å². The van der Waals surface area contributed by atoms with Gasteiger partial charge in [-0.05, 0) is 6.92 Å². The third kappa shape index (κ3) is 7.70. The van der Waals surface area contributed by atoms with Crippen LogP contribution in [0, 0.1) is 0 Å². The van der Waals surface area contributed by atoms with Crippen LogP contribution in [0.25, 0.3) is 0 Å². The SMILES string of the molecule is COCC(O)CNC(C)CC(=O)O. The van der Waals surface area contributed by atoms with Crippen molar-refractivity contribution < 1.29 is 19.7 Å². The molecule has 0 aromatic carbocycles. The van der Waals surface area contributed by atoms with E-state index in [9.17, 15) is 9.90 Å². The Kier molecular flexibility index (Phi) is 6.48. The van der Waals surface area contributed by atoms with E-state index >= 15 is 0 Å². The molecule has 5 nitrogen and oxygen atoms in total. The summed E-state index contributed by atoms with van der Waals surface area (Å²) in [4.78, 5) is 10.3. The quantitative estimate of drug-likeness (QED) is 0.503. The molecule has 0 radical (unpaired) electrons. The normalized spacial score (nSPS) is 15.3. The molecule has 2 unspecified atom stereocenters. The van der Waals surface area contributed by atoms with E-state index in [2.05, 4.69) is 5.32 Å². The highest BCUT2D eigenvalue weighted by atomic mass is 16.5. The van der Waals surface area contributed by atoms with Crippen LogP contribution in [0.4, 0.5) is 0 Å². The van der Waals surface area contributed by atoms with Crippen LogP contribution in [-0.2, 0) is 9.53 Å². The monoisotopic (exact) mass is 191 g/mol. The molecule has 0 saturated heterocycles. The van der Waals surface area contributed by atoms with Gasteiger partial charge in [0.2, 0.25) is 0 Å². The highest BCUT2D eigenvalue weighted by Gasteiger charge is 2.09. The van der Waals surface area contributed by atoms with E-state index in [1.165, 1.54) is 7.11 Å². The highest BCUT2D eigenvalue weighted by molar-refractivity contribution is 5.67. The van der Waals surface area contributed by atoms with Crippen LogP contribution in [0.3, 0.4) is 0 Å². The van der Waals surface area contributed by atoms with E-state index in [4.69, 9.17) is 9.84 Å². The van der Waals surface area contributed by atoms with Crippen LogP contribution in [-0.4, -0.2) is 48.6 Å². The number of methoxy groups -OCH3 is 1. The molecular weight excluding hydrogens is 174 g/mol. The van der Waals surface area contributed by atoms with Crippen molar-refractivity contribution in [1.29, 1.82) is 0 Å².